The summed E-state index contributed by atoms with van der Waals surface area (Å²) in [7, 11) is 1.67. The van der Waals surface area contributed by atoms with Crippen molar-refractivity contribution in [2.75, 3.05) is 13.7 Å². The first-order chi connectivity index (χ1) is 10.1. The molecule has 0 aromatic heterocycles. The molecule has 0 aliphatic rings. The molecule has 0 heterocycles. The molecule has 0 aliphatic heterocycles. The first-order valence-corrected chi connectivity index (χ1v) is 7.60. The molecule has 0 radical (unpaired) electrons. The van der Waals surface area contributed by atoms with Gasteiger partial charge in [-0.3, -0.25) is 0 Å². The van der Waals surface area contributed by atoms with Crippen molar-refractivity contribution >= 4 is 23.2 Å². The summed E-state index contributed by atoms with van der Waals surface area (Å²) in [5, 5.41) is 1.31. The first-order valence-electron chi connectivity index (χ1n) is 6.84. The van der Waals surface area contributed by atoms with Crippen molar-refractivity contribution in [3.05, 3.63) is 63.1 Å². The lowest BCUT2D eigenvalue weighted by Gasteiger charge is -2.20. The molecule has 0 aliphatic carbocycles. The van der Waals surface area contributed by atoms with Gasteiger partial charge in [-0.1, -0.05) is 47.0 Å². The van der Waals surface area contributed by atoms with Crippen molar-refractivity contribution < 1.29 is 4.74 Å². The predicted molar refractivity (Wildman–Crippen MR) is 89.7 cm³/mol. The van der Waals surface area contributed by atoms with Crippen LogP contribution in [0.5, 0.6) is 5.75 Å². The van der Waals surface area contributed by atoms with Crippen molar-refractivity contribution in [3.8, 4) is 5.75 Å². The minimum atomic E-state index is 0.0573. The molecule has 0 fully saturated rings. The highest BCUT2D eigenvalue weighted by Crippen LogP contribution is 2.35. The van der Waals surface area contributed by atoms with Crippen molar-refractivity contribution in [2.45, 2.75) is 19.3 Å². The van der Waals surface area contributed by atoms with Crippen LogP contribution in [0.1, 0.15) is 22.6 Å². The van der Waals surface area contributed by atoms with Crippen LogP contribution in [0.3, 0.4) is 0 Å². The lowest BCUT2D eigenvalue weighted by atomic mass is 9.91. The smallest absolute Gasteiger partial charge is 0.122 e. The third kappa shape index (κ3) is 3.70. The minimum absolute atomic E-state index is 0.0573. The summed E-state index contributed by atoms with van der Waals surface area (Å²) in [4.78, 5) is 0. The third-order valence-corrected chi connectivity index (χ3v) is 4.25. The maximum absolute atomic E-state index is 6.30. The quantitative estimate of drug-likeness (QED) is 0.873. The first kappa shape index (κ1) is 16.2. The van der Waals surface area contributed by atoms with Gasteiger partial charge in [0.15, 0.2) is 0 Å². The number of hydrogen-bond donors (Lipinski definition) is 1. The second-order valence-corrected chi connectivity index (χ2v) is 5.90. The zero-order chi connectivity index (χ0) is 15.4. The van der Waals surface area contributed by atoms with E-state index in [1.54, 1.807) is 7.11 Å². The van der Waals surface area contributed by atoms with E-state index < -0.39 is 0 Å². The van der Waals surface area contributed by atoms with Gasteiger partial charge in [0, 0.05) is 16.0 Å². The van der Waals surface area contributed by atoms with E-state index >= 15 is 0 Å². The van der Waals surface area contributed by atoms with Crippen LogP contribution in [0, 0.1) is 6.92 Å². The van der Waals surface area contributed by atoms with E-state index in [9.17, 15) is 0 Å². The Morgan fingerprint density at radius 2 is 1.81 bits per heavy atom. The van der Waals surface area contributed by atoms with E-state index in [4.69, 9.17) is 33.7 Å². The topological polar surface area (TPSA) is 35.2 Å². The normalized spacial score (nSPS) is 12.2. The number of nitrogens with two attached hydrogens (primary N) is 1. The Kier molecular flexibility index (Phi) is 5.51. The Labute approximate surface area is 135 Å². The van der Waals surface area contributed by atoms with Crippen LogP contribution >= 0.6 is 23.2 Å². The van der Waals surface area contributed by atoms with Crippen LogP contribution in [0.4, 0.5) is 0 Å². The second kappa shape index (κ2) is 7.17. The van der Waals surface area contributed by atoms with E-state index in [0.717, 1.165) is 23.3 Å². The minimum Gasteiger partial charge on any atom is -0.496 e. The van der Waals surface area contributed by atoms with Crippen LogP contribution < -0.4 is 10.5 Å². The molecule has 2 rings (SSSR count). The Morgan fingerprint density at radius 3 is 2.38 bits per heavy atom. The van der Waals surface area contributed by atoms with Crippen LogP contribution in [0.2, 0.25) is 10.0 Å². The summed E-state index contributed by atoms with van der Waals surface area (Å²) in [6, 6.07) is 11.7. The SMILES string of the molecule is COc1ccc(C)cc1CC(CN)c1c(Cl)cccc1Cl. The summed E-state index contributed by atoms with van der Waals surface area (Å²) in [6.45, 7) is 2.53. The fourth-order valence-corrected chi connectivity index (χ4v) is 3.24. The fraction of sp³-hybridized carbons (Fsp3) is 0.294. The van der Waals surface area contributed by atoms with Gasteiger partial charge in [0.05, 0.1) is 7.11 Å². The molecular weight excluding hydrogens is 305 g/mol. The Bertz CT molecular complexity index is 608. The average molecular weight is 324 g/mol. The van der Waals surface area contributed by atoms with E-state index in [1.807, 2.05) is 30.3 Å². The van der Waals surface area contributed by atoms with Crippen LogP contribution in [0.15, 0.2) is 36.4 Å². The number of halogens is 2. The summed E-state index contributed by atoms with van der Waals surface area (Å²) < 4.78 is 5.44. The molecule has 1 unspecified atom stereocenters. The monoisotopic (exact) mass is 323 g/mol. The summed E-state index contributed by atoms with van der Waals surface area (Å²) in [6.07, 6.45) is 0.741. The number of rotatable bonds is 5. The zero-order valence-corrected chi connectivity index (χ0v) is 13.7. The van der Waals surface area contributed by atoms with Gasteiger partial charge in [0.1, 0.15) is 5.75 Å². The molecule has 0 saturated heterocycles. The molecule has 2 aromatic rings. The Morgan fingerprint density at radius 1 is 1.14 bits per heavy atom. The van der Waals surface area contributed by atoms with Crippen molar-refractivity contribution in [2.24, 2.45) is 5.73 Å². The standard InChI is InChI=1S/C17H19Cl2NO/c1-11-6-7-16(21-2)12(8-11)9-13(10-20)17-14(18)4-3-5-15(17)19/h3-8,13H,9-10,20H2,1-2H3. The molecule has 2 N–H and O–H groups in total. The maximum atomic E-state index is 6.30. The Hall–Kier alpha value is -1.22. The molecule has 0 bridgehead atoms. The van der Waals surface area contributed by atoms with Crippen LogP contribution in [-0.2, 0) is 6.42 Å². The average Bonchev–Trinajstić information content (AvgIpc) is 2.46. The number of methoxy groups -OCH3 is 1. The molecule has 2 nitrogen and oxygen atoms in total. The van der Waals surface area contributed by atoms with Gasteiger partial charge in [-0.2, -0.15) is 0 Å². The molecule has 2 aromatic carbocycles. The molecule has 21 heavy (non-hydrogen) atoms. The maximum Gasteiger partial charge on any atom is 0.122 e. The molecule has 0 amide bonds. The van der Waals surface area contributed by atoms with E-state index in [0.29, 0.717) is 16.6 Å². The summed E-state index contributed by atoms with van der Waals surface area (Å²) >= 11 is 12.6. The van der Waals surface area contributed by atoms with Gasteiger partial charge in [0.2, 0.25) is 0 Å². The highest BCUT2D eigenvalue weighted by Gasteiger charge is 2.19. The number of benzene rings is 2. The Balaban J connectivity index is 2.38. The molecule has 112 valence electrons. The van der Waals surface area contributed by atoms with Gasteiger partial charge in [0.25, 0.3) is 0 Å². The van der Waals surface area contributed by atoms with Gasteiger partial charge in [-0.05, 0) is 49.2 Å². The lowest BCUT2D eigenvalue weighted by molar-refractivity contribution is 0.408. The number of aryl methyl sites for hydroxylation is 1. The van der Waals surface area contributed by atoms with Crippen molar-refractivity contribution in [1.29, 1.82) is 0 Å². The van der Waals surface area contributed by atoms with E-state index in [1.165, 1.54) is 5.56 Å². The predicted octanol–water partition coefficient (Wildman–Crippen LogP) is 4.60. The van der Waals surface area contributed by atoms with Gasteiger partial charge < -0.3 is 10.5 Å². The van der Waals surface area contributed by atoms with Crippen molar-refractivity contribution in [1.82, 2.24) is 0 Å². The number of hydrogen-bond acceptors (Lipinski definition) is 2. The van der Waals surface area contributed by atoms with Gasteiger partial charge >= 0.3 is 0 Å². The van der Waals surface area contributed by atoms with Gasteiger partial charge in [-0.15, -0.1) is 0 Å². The van der Waals surface area contributed by atoms with Crippen LogP contribution in [0.25, 0.3) is 0 Å². The second-order valence-electron chi connectivity index (χ2n) is 5.09. The molecule has 4 heteroatoms. The van der Waals surface area contributed by atoms with Gasteiger partial charge in [-0.25, -0.2) is 0 Å². The van der Waals surface area contributed by atoms with Crippen LogP contribution in [-0.4, -0.2) is 13.7 Å². The van der Waals surface area contributed by atoms with Crippen molar-refractivity contribution in [3.63, 3.8) is 0 Å². The van der Waals surface area contributed by atoms with E-state index in [-0.39, 0.29) is 5.92 Å². The number of ether oxygens (including phenoxy) is 1. The molecule has 0 saturated carbocycles. The lowest BCUT2D eigenvalue weighted by Crippen LogP contribution is -2.16. The zero-order valence-electron chi connectivity index (χ0n) is 12.2. The molecular formula is C17H19Cl2NO. The fourth-order valence-electron chi connectivity index (χ4n) is 2.54. The largest absolute Gasteiger partial charge is 0.496 e. The molecule has 0 spiro atoms. The highest BCUT2D eigenvalue weighted by atomic mass is 35.5. The van der Waals surface area contributed by atoms with E-state index in [2.05, 4.69) is 13.0 Å². The summed E-state index contributed by atoms with van der Waals surface area (Å²) in [5.41, 5.74) is 9.17. The third-order valence-electron chi connectivity index (χ3n) is 3.59. The molecule has 1 atom stereocenters. The summed E-state index contributed by atoms with van der Waals surface area (Å²) in [5.74, 6) is 0.920. The highest BCUT2D eigenvalue weighted by molar-refractivity contribution is 6.36.